The zero-order chi connectivity index (χ0) is 38.1. The van der Waals surface area contributed by atoms with Gasteiger partial charge in [-0.1, -0.05) is 102 Å². The number of unbranched alkanes of at least 4 members (excludes halogenated alkanes) is 4. The predicted molar refractivity (Wildman–Crippen MR) is 217 cm³/mol. The number of hydrogen-bond donors (Lipinski definition) is 0. The maximum absolute atomic E-state index is 13.3. The molecular weight excluding hydrogens is 696 g/mol. The Balaban J connectivity index is 1.24. The van der Waals surface area contributed by atoms with Crippen LogP contribution >= 0.6 is 11.6 Å². The van der Waals surface area contributed by atoms with Gasteiger partial charge >= 0.3 is 11.9 Å². The summed E-state index contributed by atoms with van der Waals surface area (Å²) in [4.78, 5) is 26.3. The summed E-state index contributed by atoms with van der Waals surface area (Å²) in [5.74, 6) is 2.43. The first-order chi connectivity index (χ1) is 26.3. The molecule has 2 aliphatic carbocycles. The van der Waals surface area contributed by atoms with Gasteiger partial charge in [0.05, 0.1) is 17.5 Å². The highest BCUT2D eigenvalue weighted by Gasteiger charge is 2.29. The van der Waals surface area contributed by atoms with Gasteiger partial charge in [0.2, 0.25) is 0 Å². The molecule has 0 N–H and O–H groups in total. The molecule has 0 aliphatic heterocycles. The van der Waals surface area contributed by atoms with Gasteiger partial charge in [0.1, 0.15) is 23.3 Å². The van der Waals surface area contributed by atoms with Crippen LogP contribution in [0, 0.1) is 23.7 Å². The molecule has 3 aromatic carbocycles. The van der Waals surface area contributed by atoms with E-state index in [1.165, 1.54) is 51.4 Å². The smallest absolute Gasteiger partial charge is 0.314 e. The van der Waals surface area contributed by atoms with E-state index in [1.807, 2.05) is 24.3 Å². The first-order valence-corrected chi connectivity index (χ1v) is 21.2. The molecule has 0 bridgehead atoms. The minimum Gasteiger partial charge on any atom is -0.483 e. The monoisotopic (exact) mass is 756 g/mol. The van der Waals surface area contributed by atoms with Gasteiger partial charge < -0.3 is 14.2 Å². The van der Waals surface area contributed by atoms with Gasteiger partial charge in [-0.05, 0) is 124 Å². The molecule has 0 spiro atoms. The van der Waals surface area contributed by atoms with Crippen LogP contribution in [-0.2, 0) is 9.59 Å². The van der Waals surface area contributed by atoms with Gasteiger partial charge in [0.15, 0.2) is 5.75 Å². The van der Waals surface area contributed by atoms with E-state index in [1.54, 1.807) is 42.5 Å². The summed E-state index contributed by atoms with van der Waals surface area (Å²) in [6, 6.07) is 20.1. The fourth-order valence-electron chi connectivity index (χ4n) is 7.95. The van der Waals surface area contributed by atoms with Crippen molar-refractivity contribution in [2.75, 3.05) is 0 Å². The SMILES string of the molecule is CCCCCC1CCC(C(=O)Oc2ccc(N=Nc3ccc(OC(=O)C4CCC(CCCCC)CC4)cc3O[C@@H](CCC)c3ccc(Cl)cc3)cc2)CC1. The second-order valence-electron chi connectivity index (χ2n) is 15.5. The fourth-order valence-corrected chi connectivity index (χ4v) is 8.08. The second-order valence-corrected chi connectivity index (χ2v) is 16.0. The van der Waals surface area contributed by atoms with Crippen molar-refractivity contribution in [2.45, 2.75) is 142 Å². The Bertz CT molecular complexity index is 1610. The molecule has 3 aromatic rings. The summed E-state index contributed by atoms with van der Waals surface area (Å²) in [7, 11) is 0. The largest absolute Gasteiger partial charge is 0.483 e. The van der Waals surface area contributed by atoms with Crippen molar-refractivity contribution in [1.29, 1.82) is 0 Å². The maximum atomic E-state index is 13.3. The van der Waals surface area contributed by atoms with Crippen LogP contribution in [0.3, 0.4) is 0 Å². The average Bonchev–Trinajstić information content (AvgIpc) is 3.19. The third kappa shape index (κ3) is 13.0. The van der Waals surface area contributed by atoms with Crippen LogP contribution in [0.25, 0.3) is 0 Å². The lowest BCUT2D eigenvalue weighted by Gasteiger charge is -2.27. The van der Waals surface area contributed by atoms with E-state index >= 15 is 0 Å². The highest BCUT2D eigenvalue weighted by atomic mass is 35.5. The minimum atomic E-state index is -0.264. The quantitative estimate of drug-likeness (QED) is 0.0526. The number of rotatable bonds is 19. The Morgan fingerprint density at radius 3 is 1.72 bits per heavy atom. The third-order valence-corrected chi connectivity index (χ3v) is 11.6. The molecule has 292 valence electrons. The lowest BCUT2D eigenvalue weighted by molar-refractivity contribution is -0.141. The van der Waals surface area contributed by atoms with Crippen LogP contribution in [-0.4, -0.2) is 11.9 Å². The van der Waals surface area contributed by atoms with E-state index in [-0.39, 0.29) is 29.9 Å². The molecule has 0 aromatic heterocycles. The third-order valence-electron chi connectivity index (χ3n) is 11.3. The van der Waals surface area contributed by atoms with Crippen molar-refractivity contribution in [3.63, 3.8) is 0 Å². The van der Waals surface area contributed by atoms with Gasteiger partial charge in [0, 0.05) is 11.1 Å². The summed E-state index contributed by atoms with van der Waals surface area (Å²) >= 11 is 6.20. The van der Waals surface area contributed by atoms with E-state index in [9.17, 15) is 9.59 Å². The highest BCUT2D eigenvalue weighted by Crippen LogP contribution is 2.39. The molecule has 5 rings (SSSR count). The van der Waals surface area contributed by atoms with Crippen LogP contribution in [0.2, 0.25) is 5.02 Å². The lowest BCUT2D eigenvalue weighted by atomic mass is 9.80. The molecule has 0 heterocycles. The number of esters is 2. The minimum absolute atomic E-state index is 0.0350. The zero-order valence-electron chi connectivity index (χ0n) is 32.8. The highest BCUT2D eigenvalue weighted by molar-refractivity contribution is 6.30. The van der Waals surface area contributed by atoms with E-state index < -0.39 is 0 Å². The van der Waals surface area contributed by atoms with Crippen molar-refractivity contribution in [1.82, 2.24) is 0 Å². The number of hydrogen-bond acceptors (Lipinski definition) is 7. The van der Waals surface area contributed by atoms with E-state index in [2.05, 4.69) is 31.0 Å². The van der Waals surface area contributed by atoms with Crippen molar-refractivity contribution >= 4 is 34.9 Å². The van der Waals surface area contributed by atoms with Gasteiger partial charge in [0.25, 0.3) is 0 Å². The van der Waals surface area contributed by atoms with Crippen LogP contribution in [0.4, 0.5) is 11.4 Å². The summed E-state index contributed by atoms with van der Waals surface area (Å²) in [6.07, 6.45) is 19.5. The molecule has 2 saturated carbocycles. The summed E-state index contributed by atoms with van der Waals surface area (Å²) < 4.78 is 18.4. The molecular formula is C46H61ClN2O5. The van der Waals surface area contributed by atoms with Crippen molar-refractivity contribution in [2.24, 2.45) is 33.9 Å². The van der Waals surface area contributed by atoms with Crippen LogP contribution in [0.5, 0.6) is 17.2 Å². The molecule has 8 heteroatoms. The van der Waals surface area contributed by atoms with Crippen molar-refractivity contribution in [3.05, 3.63) is 77.3 Å². The van der Waals surface area contributed by atoms with Crippen LogP contribution < -0.4 is 14.2 Å². The fraction of sp³-hybridized carbons (Fsp3) is 0.565. The van der Waals surface area contributed by atoms with Gasteiger partial charge in [-0.25, -0.2) is 0 Å². The summed E-state index contributed by atoms with van der Waals surface area (Å²) in [5, 5.41) is 9.74. The number of carbonyl (C=O) groups is 2. The van der Waals surface area contributed by atoms with Crippen LogP contribution in [0.15, 0.2) is 77.0 Å². The summed E-state index contributed by atoms with van der Waals surface area (Å²) in [6.45, 7) is 6.59. The topological polar surface area (TPSA) is 86.5 Å². The van der Waals surface area contributed by atoms with Gasteiger partial charge in [-0.3, -0.25) is 9.59 Å². The number of nitrogens with zero attached hydrogens (tertiary/aromatic N) is 2. The molecule has 0 unspecified atom stereocenters. The average molecular weight is 757 g/mol. The van der Waals surface area contributed by atoms with E-state index in [0.717, 1.165) is 81.6 Å². The van der Waals surface area contributed by atoms with Gasteiger partial charge in [-0.15, -0.1) is 5.11 Å². The normalized spacial score (nSPS) is 20.7. The number of azo groups is 1. The number of carbonyl (C=O) groups excluding carboxylic acids is 2. The molecule has 0 amide bonds. The Hall–Kier alpha value is -3.71. The molecule has 2 aliphatic rings. The maximum Gasteiger partial charge on any atom is 0.314 e. The van der Waals surface area contributed by atoms with Crippen molar-refractivity contribution in [3.8, 4) is 17.2 Å². The molecule has 7 nitrogen and oxygen atoms in total. The Morgan fingerprint density at radius 1 is 0.648 bits per heavy atom. The Morgan fingerprint density at radius 2 is 1.19 bits per heavy atom. The molecule has 0 saturated heterocycles. The summed E-state index contributed by atoms with van der Waals surface area (Å²) in [5.41, 5.74) is 2.11. The number of ether oxygens (including phenoxy) is 3. The van der Waals surface area contributed by atoms with E-state index in [0.29, 0.717) is 33.6 Å². The standard InChI is InChI=1S/C46H61ClN2O5/c1-4-7-9-12-33-14-18-36(19-15-33)45(50)52-40-28-26-39(27-29-40)48-49-42-31-30-41(53-46(51)37-20-16-34(17-21-37)13-10-8-5-2)32-44(42)54-43(11-6-3)35-22-24-38(47)25-23-35/h22-34,36-37,43H,4-21H2,1-3H3/t33?,34?,36?,37?,43-/m0/s1. The second kappa shape index (κ2) is 22.0. The number of benzene rings is 3. The molecule has 54 heavy (non-hydrogen) atoms. The Labute approximate surface area is 328 Å². The van der Waals surface area contributed by atoms with E-state index in [4.69, 9.17) is 25.8 Å². The molecule has 1 atom stereocenters. The first-order valence-electron chi connectivity index (χ1n) is 20.9. The van der Waals surface area contributed by atoms with Gasteiger partial charge in [-0.2, -0.15) is 5.11 Å². The number of halogens is 1. The molecule has 0 radical (unpaired) electrons. The van der Waals surface area contributed by atoms with Crippen LogP contribution in [0.1, 0.15) is 148 Å². The first kappa shape index (κ1) is 41.5. The zero-order valence-corrected chi connectivity index (χ0v) is 33.5. The lowest BCUT2D eigenvalue weighted by Crippen LogP contribution is -2.25. The van der Waals surface area contributed by atoms with Crippen molar-refractivity contribution < 1.29 is 23.8 Å². The predicted octanol–water partition coefficient (Wildman–Crippen LogP) is 14.3. The molecule has 2 fully saturated rings. The Kier molecular flexibility index (Phi) is 16.9.